The lowest BCUT2D eigenvalue weighted by Gasteiger charge is -2.08. The minimum absolute atomic E-state index is 0.0546. The average Bonchev–Trinajstić information content (AvgIpc) is 3.58. The van der Waals surface area contributed by atoms with Crippen molar-refractivity contribution in [3.63, 3.8) is 0 Å². The van der Waals surface area contributed by atoms with Gasteiger partial charge < -0.3 is 15.1 Å². The summed E-state index contributed by atoms with van der Waals surface area (Å²) >= 11 is 0. The zero-order chi connectivity index (χ0) is 21.9. The maximum absolute atomic E-state index is 12.6. The van der Waals surface area contributed by atoms with Gasteiger partial charge in [0, 0.05) is 34.0 Å². The summed E-state index contributed by atoms with van der Waals surface area (Å²) in [4.78, 5) is 24.4. The fraction of sp³-hybridized carbons (Fsp3) is 0.120. The maximum Gasteiger partial charge on any atom is 0.255 e. The summed E-state index contributed by atoms with van der Waals surface area (Å²) in [6, 6.07) is 23.6. The Balaban J connectivity index is 1.22. The summed E-state index contributed by atoms with van der Waals surface area (Å²) in [6.07, 6.45) is 1.92. The topological polar surface area (TPSA) is 97.1 Å². The predicted octanol–water partition coefficient (Wildman–Crippen LogP) is 5.00. The number of amides is 2. The van der Waals surface area contributed by atoms with Gasteiger partial charge in [0.2, 0.25) is 17.7 Å². The molecule has 0 atom stereocenters. The fourth-order valence-electron chi connectivity index (χ4n) is 3.23. The number of anilines is 2. The van der Waals surface area contributed by atoms with E-state index in [1.807, 2.05) is 30.3 Å². The monoisotopic (exact) mass is 424 g/mol. The first-order chi connectivity index (χ1) is 15.7. The van der Waals surface area contributed by atoms with Gasteiger partial charge in [0.1, 0.15) is 0 Å². The van der Waals surface area contributed by atoms with Crippen LogP contribution in [0.2, 0.25) is 0 Å². The molecule has 1 aliphatic carbocycles. The average molecular weight is 424 g/mol. The Morgan fingerprint density at radius 1 is 0.719 bits per heavy atom. The van der Waals surface area contributed by atoms with E-state index in [4.69, 9.17) is 4.42 Å². The van der Waals surface area contributed by atoms with E-state index in [-0.39, 0.29) is 17.7 Å². The third kappa shape index (κ3) is 4.41. The summed E-state index contributed by atoms with van der Waals surface area (Å²) < 4.78 is 5.76. The summed E-state index contributed by atoms with van der Waals surface area (Å²) in [5.41, 5.74) is 3.45. The van der Waals surface area contributed by atoms with Crippen LogP contribution in [0.4, 0.5) is 11.4 Å². The lowest BCUT2D eigenvalue weighted by molar-refractivity contribution is -0.117. The molecule has 0 aliphatic heterocycles. The first-order valence-corrected chi connectivity index (χ1v) is 10.4. The van der Waals surface area contributed by atoms with Crippen LogP contribution in [0.1, 0.15) is 23.2 Å². The second-order valence-electron chi connectivity index (χ2n) is 7.65. The quantitative estimate of drug-likeness (QED) is 0.454. The van der Waals surface area contributed by atoms with Crippen molar-refractivity contribution in [1.29, 1.82) is 0 Å². The van der Waals surface area contributed by atoms with E-state index in [0.29, 0.717) is 23.0 Å². The Bertz CT molecular complexity index is 1240. The molecule has 1 saturated carbocycles. The molecule has 0 saturated heterocycles. The number of rotatable bonds is 6. The number of benzene rings is 3. The molecule has 2 N–H and O–H groups in total. The molecule has 1 heterocycles. The van der Waals surface area contributed by atoms with E-state index >= 15 is 0 Å². The molecule has 2 amide bonds. The van der Waals surface area contributed by atoms with Crippen molar-refractivity contribution in [3.8, 4) is 22.9 Å². The molecule has 5 rings (SSSR count). The van der Waals surface area contributed by atoms with Gasteiger partial charge in [-0.1, -0.05) is 18.2 Å². The molecule has 1 aliphatic rings. The summed E-state index contributed by atoms with van der Waals surface area (Å²) in [5.74, 6) is 0.800. The Kier molecular flexibility index (Phi) is 5.21. The van der Waals surface area contributed by atoms with Crippen LogP contribution in [0.3, 0.4) is 0 Å². The Labute approximate surface area is 184 Å². The number of nitrogens with one attached hydrogen (secondary N) is 2. The van der Waals surface area contributed by atoms with Crippen molar-refractivity contribution in [2.24, 2.45) is 5.92 Å². The number of nitrogens with zero attached hydrogens (tertiary/aromatic N) is 2. The van der Waals surface area contributed by atoms with Gasteiger partial charge in [0.25, 0.3) is 5.91 Å². The van der Waals surface area contributed by atoms with Crippen LogP contribution < -0.4 is 10.6 Å². The molecule has 7 heteroatoms. The molecule has 1 aromatic heterocycles. The molecule has 32 heavy (non-hydrogen) atoms. The van der Waals surface area contributed by atoms with E-state index < -0.39 is 0 Å². The Morgan fingerprint density at radius 2 is 1.28 bits per heavy atom. The highest BCUT2D eigenvalue weighted by molar-refractivity contribution is 6.04. The highest BCUT2D eigenvalue weighted by atomic mass is 16.4. The minimum atomic E-state index is -0.234. The van der Waals surface area contributed by atoms with Crippen LogP contribution in [-0.4, -0.2) is 22.0 Å². The highest BCUT2D eigenvalue weighted by Gasteiger charge is 2.29. The summed E-state index contributed by atoms with van der Waals surface area (Å²) in [7, 11) is 0. The molecule has 4 aromatic rings. The van der Waals surface area contributed by atoms with Crippen LogP contribution in [-0.2, 0) is 4.79 Å². The third-order valence-electron chi connectivity index (χ3n) is 5.20. The normalized spacial score (nSPS) is 12.9. The number of hydrogen-bond donors (Lipinski definition) is 2. The van der Waals surface area contributed by atoms with E-state index in [2.05, 4.69) is 20.8 Å². The number of carbonyl (C=O) groups is 2. The molecule has 1 fully saturated rings. The number of hydrogen-bond acceptors (Lipinski definition) is 5. The molecule has 0 bridgehead atoms. The molecule has 0 unspecified atom stereocenters. The molecule has 158 valence electrons. The van der Waals surface area contributed by atoms with Crippen molar-refractivity contribution in [2.75, 3.05) is 10.6 Å². The summed E-state index contributed by atoms with van der Waals surface area (Å²) in [5, 5.41) is 13.9. The molecular weight excluding hydrogens is 404 g/mol. The Hall–Kier alpha value is -4.26. The minimum Gasteiger partial charge on any atom is -0.416 e. The second kappa shape index (κ2) is 8.47. The lowest BCUT2D eigenvalue weighted by Crippen LogP contribution is -2.14. The van der Waals surface area contributed by atoms with Crippen molar-refractivity contribution in [2.45, 2.75) is 12.8 Å². The van der Waals surface area contributed by atoms with E-state index in [1.165, 1.54) is 0 Å². The van der Waals surface area contributed by atoms with Crippen molar-refractivity contribution >= 4 is 23.2 Å². The van der Waals surface area contributed by atoms with Crippen molar-refractivity contribution in [3.05, 3.63) is 84.4 Å². The highest BCUT2D eigenvalue weighted by Crippen LogP contribution is 2.30. The lowest BCUT2D eigenvalue weighted by atomic mass is 10.1. The first-order valence-electron chi connectivity index (χ1n) is 10.4. The van der Waals surface area contributed by atoms with Crippen molar-refractivity contribution in [1.82, 2.24) is 10.2 Å². The first kappa shape index (κ1) is 19.7. The number of carbonyl (C=O) groups excluding carboxylic acids is 2. The van der Waals surface area contributed by atoms with E-state index in [1.54, 1.807) is 48.5 Å². The Morgan fingerprint density at radius 3 is 1.88 bits per heavy atom. The molecule has 0 radical (unpaired) electrons. The van der Waals surface area contributed by atoms with Gasteiger partial charge in [-0.15, -0.1) is 10.2 Å². The van der Waals surface area contributed by atoms with Gasteiger partial charge >= 0.3 is 0 Å². The SMILES string of the molecule is O=C(Nc1ccc(NC(=O)C2CC2)cc1)c1ccc(-c2nnc(-c3ccccc3)o2)cc1. The second-order valence-corrected chi connectivity index (χ2v) is 7.65. The number of aromatic nitrogens is 2. The van der Waals surface area contributed by atoms with Gasteiger partial charge in [-0.25, -0.2) is 0 Å². The smallest absolute Gasteiger partial charge is 0.255 e. The predicted molar refractivity (Wildman–Crippen MR) is 121 cm³/mol. The van der Waals surface area contributed by atoms with Gasteiger partial charge in [0.05, 0.1) is 0 Å². The van der Waals surface area contributed by atoms with Gasteiger partial charge in [0.15, 0.2) is 0 Å². The molecule has 0 spiro atoms. The van der Waals surface area contributed by atoms with E-state index in [0.717, 1.165) is 29.7 Å². The van der Waals surface area contributed by atoms with Gasteiger partial charge in [-0.3, -0.25) is 9.59 Å². The third-order valence-corrected chi connectivity index (χ3v) is 5.20. The van der Waals surface area contributed by atoms with Crippen LogP contribution >= 0.6 is 0 Å². The standard InChI is InChI=1S/C25H20N4O3/c30-22(16-6-7-16)26-20-12-14-21(15-13-20)27-23(31)17-8-10-19(11-9-17)25-29-28-24(32-25)18-4-2-1-3-5-18/h1-5,8-16H,6-7H2,(H,26,30)(H,27,31). The molecule has 3 aromatic carbocycles. The van der Waals surface area contributed by atoms with Crippen LogP contribution in [0, 0.1) is 5.92 Å². The van der Waals surface area contributed by atoms with E-state index in [9.17, 15) is 9.59 Å². The van der Waals surface area contributed by atoms with Crippen LogP contribution in [0.5, 0.6) is 0 Å². The van der Waals surface area contributed by atoms with Crippen molar-refractivity contribution < 1.29 is 14.0 Å². The summed E-state index contributed by atoms with van der Waals surface area (Å²) in [6.45, 7) is 0. The van der Waals surface area contributed by atoms with Gasteiger partial charge in [-0.2, -0.15) is 0 Å². The zero-order valence-corrected chi connectivity index (χ0v) is 17.1. The maximum atomic E-state index is 12.6. The molecular formula is C25H20N4O3. The van der Waals surface area contributed by atoms with Crippen LogP contribution in [0.25, 0.3) is 22.9 Å². The van der Waals surface area contributed by atoms with Gasteiger partial charge in [-0.05, 0) is 73.5 Å². The molecule has 7 nitrogen and oxygen atoms in total. The largest absolute Gasteiger partial charge is 0.416 e. The fourth-order valence-corrected chi connectivity index (χ4v) is 3.23. The van der Waals surface area contributed by atoms with Crippen LogP contribution in [0.15, 0.2) is 83.3 Å². The zero-order valence-electron chi connectivity index (χ0n) is 17.1.